The van der Waals surface area contributed by atoms with Crippen LogP contribution in [0.4, 0.5) is 26.7 Å². The number of aliphatic hydroxyl groups excluding tert-OH is 1. The highest BCUT2D eigenvalue weighted by molar-refractivity contribution is 7.84. The Morgan fingerprint density at radius 1 is 1.06 bits per heavy atom. The second kappa shape index (κ2) is 14.4. The molecule has 2 aliphatic heterocycles. The molecule has 6 rings (SSSR count). The first-order chi connectivity index (χ1) is 22.8. The average Bonchev–Trinajstić information content (AvgIpc) is 3.50. The number of amides is 1. The van der Waals surface area contributed by atoms with Crippen LogP contribution in [0.25, 0.3) is 0 Å². The van der Waals surface area contributed by atoms with Crippen molar-refractivity contribution in [2.24, 2.45) is 23.2 Å². The van der Waals surface area contributed by atoms with Crippen molar-refractivity contribution in [1.82, 2.24) is 4.90 Å². The fourth-order valence-electron chi connectivity index (χ4n) is 9.82. The minimum Gasteiger partial charge on any atom is -0.410 e. The van der Waals surface area contributed by atoms with Gasteiger partial charge < -0.3 is 19.3 Å². The van der Waals surface area contributed by atoms with Gasteiger partial charge in [-0.2, -0.15) is 22.0 Å². The van der Waals surface area contributed by atoms with Crippen LogP contribution in [0.5, 0.6) is 5.75 Å². The summed E-state index contributed by atoms with van der Waals surface area (Å²) in [6.45, 7) is 3.64. The Morgan fingerprint density at radius 2 is 1.79 bits per heavy atom. The number of carbonyl (C=O) groups is 1. The van der Waals surface area contributed by atoms with Gasteiger partial charge in [0, 0.05) is 28.7 Å². The lowest BCUT2D eigenvalue weighted by molar-refractivity contribution is -0.284. The lowest BCUT2D eigenvalue weighted by Crippen LogP contribution is -2.50. The van der Waals surface area contributed by atoms with Gasteiger partial charge in [-0.15, -0.1) is 0 Å². The van der Waals surface area contributed by atoms with E-state index in [4.69, 9.17) is 14.2 Å². The standard InChI is InChI=1S/C35H48F5NO6S/c1-33-13-11-28-27-8-7-26(47-32(43)41-24-5-6-25(41)21-45-20-24)19-23(27)18-22(31(28)29(33)9-10-30(33)46-15-14-42)4-2-16-48(44)17-3-12-34(36,37)35(38,39)40/h7-8,19,22,24-25,28-31,42H,2-6,9-18,20-21H2,1H3/t22-,24?,25?,28-,29+,30+,31-,33+,48?/m1/s1. The van der Waals surface area contributed by atoms with Gasteiger partial charge in [-0.25, -0.2) is 4.79 Å². The van der Waals surface area contributed by atoms with Crippen molar-refractivity contribution < 1.29 is 50.3 Å². The van der Waals surface area contributed by atoms with Crippen LogP contribution in [0.1, 0.15) is 88.2 Å². The molecular weight excluding hydrogens is 657 g/mol. The second-order valence-electron chi connectivity index (χ2n) is 14.8. The molecule has 1 aromatic rings. The van der Waals surface area contributed by atoms with E-state index in [0.29, 0.717) is 49.7 Å². The molecule has 3 unspecified atom stereocenters. The van der Waals surface area contributed by atoms with Crippen LogP contribution >= 0.6 is 0 Å². The molecule has 270 valence electrons. The van der Waals surface area contributed by atoms with Crippen LogP contribution in [0.2, 0.25) is 0 Å². The summed E-state index contributed by atoms with van der Waals surface area (Å²) in [4.78, 5) is 15.1. The van der Waals surface area contributed by atoms with Gasteiger partial charge in [-0.3, -0.25) is 9.11 Å². The van der Waals surface area contributed by atoms with Crippen molar-refractivity contribution in [3.8, 4) is 5.75 Å². The number of carbonyl (C=O) groups excluding carboxylic acids is 1. The van der Waals surface area contributed by atoms with Crippen LogP contribution < -0.4 is 4.74 Å². The number of halogens is 5. The molecule has 2 bridgehead atoms. The number of ether oxygens (including phenoxy) is 3. The summed E-state index contributed by atoms with van der Waals surface area (Å²) in [5.41, 5.74) is 2.38. The predicted molar refractivity (Wildman–Crippen MR) is 170 cm³/mol. The Balaban J connectivity index is 1.15. The molecule has 2 heterocycles. The highest BCUT2D eigenvalue weighted by Gasteiger charge is 2.58. The Hall–Kier alpha value is -1.83. The van der Waals surface area contributed by atoms with Gasteiger partial charge in [0.05, 0.1) is 44.6 Å². The summed E-state index contributed by atoms with van der Waals surface area (Å²) < 4.78 is 94.7. The monoisotopic (exact) mass is 705 g/mol. The quantitative estimate of drug-likeness (QED) is 0.236. The Morgan fingerprint density at radius 3 is 2.50 bits per heavy atom. The number of hydrogen-bond donors (Lipinski definition) is 1. The van der Waals surface area contributed by atoms with Crippen LogP contribution in [0.3, 0.4) is 0 Å². The van der Waals surface area contributed by atoms with Crippen LogP contribution in [-0.4, -0.2) is 88.5 Å². The number of nitrogens with zero attached hydrogens (tertiary/aromatic N) is 1. The predicted octanol–water partition coefficient (Wildman–Crippen LogP) is 7.02. The lowest BCUT2D eigenvalue weighted by Gasteiger charge is -2.53. The topological polar surface area (TPSA) is 85.3 Å². The number of fused-ring (bicyclic) bond motifs is 7. The smallest absolute Gasteiger partial charge is 0.410 e. The summed E-state index contributed by atoms with van der Waals surface area (Å²) in [7, 11) is -1.49. The molecule has 9 atom stereocenters. The van der Waals surface area contributed by atoms with Gasteiger partial charge >= 0.3 is 18.2 Å². The van der Waals surface area contributed by atoms with E-state index in [-0.39, 0.29) is 53.7 Å². The van der Waals surface area contributed by atoms with E-state index >= 15 is 0 Å². The minimum atomic E-state index is -5.60. The van der Waals surface area contributed by atoms with Crippen molar-refractivity contribution in [2.45, 2.75) is 114 Å². The summed E-state index contributed by atoms with van der Waals surface area (Å²) >= 11 is 0. The minimum absolute atomic E-state index is 0.0238. The highest BCUT2D eigenvalue weighted by atomic mass is 32.2. The zero-order valence-corrected chi connectivity index (χ0v) is 28.3. The molecule has 7 nitrogen and oxygen atoms in total. The zero-order chi connectivity index (χ0) is 34.3. The number of rotatable bonds is 12. The molecular formula is C35H48F5NO6S. The van der Waals surface area contributed by atoms with E-state index < -0.39 is 35.7 Å². The van der Waals surface area contributed by atoms with Crippen molar-refractivity contribution in [3.05, 3.63) is 29.3 Å². The maximum Gasteiger partial charge on any atom is 0.453 e. The van der Waals surface area contributed by atoms with Crippen LogP contribution in [0, 0.1) is 23.2 Å². The van der Waals surface area contributed by atoms with Crippen LogP contribution in [-0.2, 0) is 26.7 Å². The van der Waals surface area contributed by atoms with E-state index in [1.54, 1.807) is 0 Å². The largest absolute Gasteiger partial charge is 0.453 e. The molecule has 5 aliphatic rings. The third-order valence-corrected chi connectivity index (χ3v) is 13.6. The molecule has 3 aliphatic carbocycles. The van der Waals surface area contributed by atoms with Gasteiger partial charge in [0.15, 0.2) is 0 Å². The van der Waals surface area contributed by atoms with Gasteiger partial charge in [0.1, 0.15) is 5.75 Å². The number of aliphatic hydroxyl groups is 1. The molecule has 0 spiro atoms. The molecule has 48 heavy (non-hydrogen) atoms. The fraction of sp³-hybridized carbons (Fsp3) is 0.800. The van der Waals surface area contributed by atoms with E-state index in [2.05, 4.69) is 13.0 Å². The fourth-order valence-corrected chi connectivity index (χ4v) is 11.0. The van der Waals surface area contributed by atoms with Gasteiger partial charge in [0.2, 0.25) is 0 Å². The van der Waals surface area contributed by atoms with Gasteiger partial charge in [-0.05, 0) is 117 Å². The normalized spacial score (nSPS) is 33.6. The first-order valence-corrected chi connectivity index (χ1v) is 19.0. The van der Waals surface area contributed by atoms with Crippen molar-refractivity contribution in [2.75, 3.05) is 37.9 Å². The highest BCUT2D eigenvalue weighted by Crippen LogP contribution is 2.63. The molecule has 0 aromatic heterocycles. The van der Waals surface area contributed by atoms with Gasteiger partial charge in [-0.1, -0.05) is 13.0 Å². The molecule has 4 fully saturated rings. The Kier molecular flexibility index (Phi) is 10.8. The Labute approximate surface area is 281 Å². The molecule has 1 N–H and O–H groups in total. The Bertz CT molecular complexity index is 1310. The van der Waals surface area contributed by atoms with Crippen molar-refractivity contribution in [3.63, 3.8) is 0 Å². The molecule has 1 aromatic carbocycles. The van der Waals surface area contributed by atoms with Crippen LogP contribution in [0.15, 0.2) is 18.2 Å². The maximum absolute atomic E-state index is 13.3. The summed E-state index contributed by atoms with van der Waals surface area (Å²) in [6.07, 6.45) is 0.104. The van der Waals surface area contributed by atoms with E-state index in [1.807, 2.05) is 17.0 Å². The second-order valence-corrected chi connectivity index (χ2v) is 16.5. The number of hydrogen-bond acceptors (Lipinski definition) is 6. The van der Waals surface area contributed by atoms with Crippen molar-refractivity contribution >= 4 is 16.9 Å². The maximum atomic E-state index is 13.3. The first-order valence-electron chi connectivity index (χ1n) is 17.5. The summed E-state index contributed by atoms with van der Waals surface area (Å²) in [5.74, 6) is -2.93. The van der Waals surface area contributed by atoms with E-state index in [9.17, 15) is 36.1 Å². The first kappa shape index (κ1) is 36.0. The number of alkyl halides is 5. The molecule has 0 radical (unpaired) electrons. The third kappa shape index (κ3) is 7.17. The lowest BCUT2D eigenvalue weighted by atomic mass is 9.52. The molecule has 13 heteroatoms. The van der Waals surface area contributed by atoms with E-state index in [1.165, 1.54) is 5.56 Å². The zero-order valence-electron chi connectivity index (χ0n) is 27.5. The number of benzene rings is 1. The third-order valence-electron chi connectivity index (χ3n) is 12.1. The SMILES string of the molecule is C[C@]12CC[C@@H]3c4ccc(OC(=O)N5C6CCC5COC6)cc4C[C@@H](CCCS(=O)CCCC(F)(F)C(F)(F)F)[C@H]3[C@@H]1CC[C@@H]2OCCO. The average molecular weight is 706 g/mol. The molecule has 2 saturated carbocycles. The van der Waals surface area contributed by atoms with Crippen molar-refractivity contribution in [1.29, 1.82) is 0 Å². The number of morpholine rings is 1. The molecule has 2 saturated heterocycles. The summed E-state index contributed by atoms with van der Waals surface area (Å²) in [5, 5.41) is 9.42. The van der Waals surface area contributed by atoms with E-state index in [0.717, 1.165) is 56.9 Å². The summed E-state index contributed by atoms with van der Waals surface area (Å²) in [6, 6.07) is 6.09. The molecule has 1 amide bonds. The van der Waals surface area contributed by atoms with Gasteiger partial charge in [0.25, 0.3) is 0 Å².